The van der Waals surface area contributed by atoms with Crippen LogP contribution in [-0.2, 0) is 0 Å². The second-order valence-corrected chi connectivity index (χ2v) is 4.48. The number of hydrogen-bond acceptors (Lipinski definition) is 5. The van der Waals surface area contributed by atoms with E-state index in [1.165, 1.54) is 18.2 Å². The molecule has 2 aromatic carbocycles. The number of halogens is 1. The average Bonchev–Trinajstić information content (AvgIpc) is 2.88. The first-order chi connectivity index (χ1) is 9.66. The number of rotatable bonds is 2. The predicted molar refractivity (Wildman–Crippen MR) is 73.5 cm³/mol. The standard InChI is InChI=1S/C14H9ClN2O3/c15-9-5-2-1-4-8(9)13-16-14(20-17-13)12-10(18)6-3-7-11(12)19/h1-7,18-19H. The van der Waals surface area contributed by atoms with Gasteiger partial charge in [0, 0.05) is 5.56 Å². The number of phenols is 2. The molecule has 1 heterocycles. The minimum atomic E-state index is -0.139. The molecule has 6 heteroatoms. The van der Waals surface area contributed by atoms with Gasteiger partial charge in [-0.05, 0) is 24.3 Å². The summed E-state index contributed by atoms with van der Waals surface area (Å²) in [6.07, 6.45) is 0. The summed E-state index contributed by atoms with van der Waals surface area (Å²) in [7, 11) is 0. The number of aromatic hydroxyl groups is 2. The Morgan fingerprint density at radius 3 is 2.35 bits per heavy atom. The molecule has 0 aliphatic heterocycles. The van der Waals surface area contributed by atoms with Gasteiger partial charge in [-0.15, -0.1) is 0 Å². The van der Waals surface area contributed by atoms with Crippen molar-refractivity contribution in [2.75, 3.05) is 0 Å². The van der Waals surface area contributed by atoms with Crippen LogP contribution in [0, 0.1) is 0 Å². The van der Waals surface area contributed by atoms with Crippen LogP contribution in [0.3, 0.4) is 0 Å². The van der Waals surface area contributed by atoms with Gasteiger partial charge >= 0.3 is 0 Å². The van der Waals surface area contributed by atoms with Gasteiger partial charge in [0.2, 0.25) is 5.82 Å². The lowest BCUT2D eigenvalue weighted by Crippen LogP contribution is -1.83. The molecule has 5 nitrogen and oxygen atoms in total. The van der Waals surface area contributed by atoms with Crippen LogP contribution in [-0.4, -0.2) is 20.4 Å². The Labute approximate surface area is 119 Å². The minimum Gasteiger partial charge on any atom is -0.507 e. The number of phenolic OH excluding ortho intramolecular Hbond substituents is 2. The van der Waals surface area contributed by atoms with E-state index >= 15 is 0 Å². The molecular weight excluding hydrogens is 280 g/mol. The zero-order chi connectivity index (χ0) is 14.1. The molecule has 0 saturated heterocycles. The summed E-state index contributed by atoms with van der Waals surface area (Å²) in [6.45, 7) is 0. The van der Waals surface area contributed by atoms with Crippen molar-refractivity contribution in [2.45, 2.75) is 0 Å². The molecule has 20 heavy (non-hydrogen) atoms. The number of benzene rings is 2. The molecule has 1 aromatic heterocycles. The highest BCUT2D eigenvalue weighted by molar-refractivity contribution is 6.33. The quantitative estimate of drug-likeness (QED) is 0.755. The van der Waals surface area contributed by atoms with Crippen LogP contribution >= 0.6 is 11.6 Å². The lowest BCUT2D eigenvalue weighted by Gasteiger charge is -2.01. The van der Waals surface area contributed by atoms with Gasteiger partial charge in [0.15, 0.2) is 0 Å². The maximum absolute atomic E-state index is 9.77. The first kappa shape index (κ1) is 12.5. The van der Waals surface area contributed by atoms with Gasteiger partial charge in [0.25, 0.3) is 5.89 Å². The molecule has 3 rings (SSSR count). The van der Waals surface area contributed by atoms with Gasteiger partial charge in [-0.3, -0.25) is 0 Å². The highest BCUT2D eigenvalue weighted by Crippen LogP contribution is 2.37. The number of hydrogen-bond donors (Lipinski definition) is 2. The molecular formula is C14H9ClN2O3. The van der Waals surface area contributed by atoms with Crippen LogP contribution in [0.5, 0.6) is 11.5 Å². The molecule has 0 bridgehead atoms. The van der Waals surface area contributed by atoms with Crippen molar-refractivity contribution in [1.82, 2.24) is 10.1 Å². The molecule has 3 aromatic rings. The van der Waals surface area contributed by atoms with Gasteiger partial charge in [0.1, 0.15) is 17.1 Å². The van der Waals surface area contributed by atoms with Gasteiger partial charge < -0.3 is 14.7 Å². The molecule has 0 spiro atoms. The minimum absolute atomic E-state index is 0.0236. The van der Waals surface area contributed by atoms with Crippen LogP contribution in [0.25, 0.3) is 22.8 Å². The molecule has 0 amide bonds. The number of aromatic nitrogens is 2. The summed E-state index contributed by atoms with van der Waals surface area (Å²) < 4.78 is 5.08. The van der Waals surface area contributed by atoms with Crippen LogP contribution in [0.2, 0.25) is 5.02 Å². The van der Waals surface area contributed by atoms with Crippen LogP contribution in [0.15, 0.2) is 47.0 Å². The molecule has 100 valence electrons. The average molecular weight is 289 g/mol. The maximum atomic E-state index is 9.77. The second kappa shape index (κ2) is 4.86. The van der Waals surface area contributed by atoms with Crippen molar-refractivity contribution in [2.24, 2.45) is 0 Å². The van der Waals surface area contributed by atoms with Gasteiger partial charge in [-0.25, -0.2) is 0 Å². The first-order valence-electron chi connectivity index (χ1n) is 5.77. The Kier molecular flexibility index (Phi) is 3.04. The van der Waals surface area contributed by atoms with Crippen molar-refractivity contribution < 1.29 is 14.7 Å². The third kappa shape index (κ3) is 2.08. The van der Waals surface area contributed by atoms with E-state index in [9.17, 15) is 10.2 Å². The van der Waals surface area contributed by atoms with Crippen LogP contribution in [0.4, 0.5) is 0 Å². The van der Waals surface area contributed by atoms with E-state index in [-0.39, 0.29) is 28.8 Å². The van der Waals surface area contributed by atoms with E-state index in [2.05, 4.69) is 10.1 Å². The Morgan fingerprint density at radius 2 is 1.65 bits per heavy atom. The summed E-state index contributed by atoms with van der Waals surface area (Å²) in [6, 6.07) is 11.4. The van der Waals surface area contributed by atoms with E-state index in [0.29, 0.717) is 10.6 Å². The monoisotopic (exact) mass is 288 g/mol. The normalized spacial score (nSPS) is 10.7. The van der Waals surface area contributed by atoms with Crippen molar-refractivity contribution in [3.63, 3.8) is 0 Å². The molecule has 0 aliphatic rings. The molecule has 0 radical (unpaired) electrons. The topological polar surface area (TPSA) is 79.4 Å². The zero-order valence-corrected chi connectivity index (χ0v) is 10.9. The van der Waals surface area contributed by atoms with Crippen molar-refractivity contribution in [1.29, 1.82) is 0 Å². The SMILES string of the molecule is Oc1cccc(O)c1-c1nc(-c2ccccc2Cl)no1. The van der Waals surface area contributed by atoms with Crippen LogP contribution < -0.4 is 0 Å². The molecule has 0 saturated carbocycles. The van der Waals surface area contributed by atoms with E-state index in [4.69, 9.17) is 16.1 Å². The fraction of sp³-hybridized carbons (Fsp3) is 0. The van der Waals surface area contributed by atoms with Crippen molar-refractivity contribution in [3.8, 4) is 34.3 Å². The van der Waals surface area contributed by atoms with E-state index < -0.39 is 0 Å². The lowest BCUT2D eigenvalue weighted by molar-refractivity contribution is 0.416. The second-order valence-electron chi connectivity index (χ2n) is 4.07. The highest BCUT2D eigenvalue weighted by Gasteiger charge is 2.18. The summed E-state index contributed by atoms with van der Waals surface area (Å²) in [4.78, 5) is 4.15. The summed E-state index contributed by atoms with van der Waals surface area (Å²) >= 11 is 6.06. The first-order valence-corrected chi connectivity index (χ1v) is 6.14. The van der Waals surface area contributed by atoms with Crippen molar-refractivity contribution in [3.05, 3.63) is 47.5 Å². The fourth-order valence-electron chi connectivity index (χ4n) is 1.82. The highest BCUT2D eigenvalue weighted by atomic mass is 35.5. The Balaban J connectivity index is 2.10. The van der Waals surface area contributed by atoms with Crippen LogP contribution in [0.1, 0.15) is 0 Å². The summed E-state index contributed by atoms with van der Waals surface area (Å²) in [5, 5.41) is 23.8. The molecule has 0 fully saturated rings. The Morgan fingerprint density at radius 1 is 0.950 bits per heavy atom. The van der Waals surface area contributed by atoms with Crippen molar-refractivity contribution >= 4 is 11.6 Å². The third-order valence-corrected chi connectivity index (χ3v) is 3.10. The molecule has 0 atom stereocenters. The van der Waals surface area contributed by atoms with E-state index in [0.717, 1.165) is 0 Å². The molecule has 0 aliphatic carbocycles. The summed E-state index contributed by atoms with van der Waals surface area (Å²) in [5.41, 5.74) is 0.706. The zero-order valence-electron chi connectivity index (χ0n) is 10.1. The molecule has 2 N–H and O–H groups in total. The van der Waals surface area contributed by atoms with Gasteiger partial charge in [-0.2, -0.15) is 4.98 Å². The number of nitrogens with zero attached hydrogens (tertiary/aromatic N) is 2. The summed E-state index contributed by atoms with van der Waals surface area (Å²) in [5.74, 6) is 0.0301. The largest absolute Gasteiger partial charge is 0.507 e. The smallest absolute Gasteiger partial charge is 0.265 e. The molecule has 0 unspecified atom stereocenters. The van der Waals surface area contributed by atoms with E-state index in [1.54, 1.807) is 24.3 Å². The van der Waals surface area contributed by atoms with Gasteiger partial charge in [0.05, 0.1) is 5.02 Å². The van der Waals surface area contributed by atoms with Gasteiger partial charge in [-0.1, -0.05) is 35.0 Å². The predicted octanol–water partition coefficient (Wildman–Crippen LogP) is 3.47. The van der Waals surface area contributed by atoms with E-state index in [1.807, 2.05) is 0 Å². The lowest BCUT2D eigenvalue weighted by atomic mass is 10.1. The Hall–Kier alpha value is -2.53. The Bertz CT molecular complexity index is 750. The third-order valence-electron chi connectivity index (χ3n) is 2.78. The maximum Gasteiger partial charge on any atom is 0.265 e. The fourth-order valence-corrected chi connectivity index (χ4v) is 2.04.